The lowest BCUT2D eigenvalue weighted by Crippen LogP contribution is -2.01. The van der Waals surface area contributed by atoms with Gasteiger partial charge in [-0.1, -0.05) is 79.2 Å². The lowest BCUT2D eigenvalue weighted by molar-refractivity contribution is 0.783. The summed E-state index contributed by atoms with van der Waals surface area (Å²) in [6.07, 6.45) is 1.12. The first-order valence-electron chi connectivity index (χ1n) is 7.34. The molecule has 0 amide bonds. The van der Waals surface area contributed by atoms with E-state index in [9.17, 15) is 0 Å². The van der Waals surface area contributed by atoms with Crippen molar-refractivity contribution in [3.63, 3.8) is 0 Å². The van der Waals surface area contributed by atoms with Gasteiger partial charge in [0.05, 0.1) is 0 Å². The van der Waals surface area contributed by atoms with Crippen molar-refractivity contribution >= 4 is 10.8 Å². The highest BCUT2D eigenvalue weighted by Crippen LogP contribution is 2.33. The molecule has 0 bridgehead atoms. The van der Waals surface area contributed by atoms with Gasteiger partial charge in [-0.25, -0.2) is 0 Å². The Morgan fingerprint density at radius 1 is 0.850 bits per heavy atom. The molecule has 20 heavy (non-hydrogen) atoms. The molecule has 0 nitrogen and oxygen atoms in total. The first-order chi connectivity index (χ1) is 9.79. The maximum absolute atomic E-state index is 2.32. The van der Waals surface area contributed by atoms with Crippen molar-refractivity contribution in [2.75, 3.05) is 0 Å². The number of fused-ring (bicyclic) bond motifs is 1. The molecule has 0 radical (unpaired) electrons. The van der Waals surface area contributed by atoms with Crippen LogP contribution in [0.15, 0.2) is 66.7 Å². The molecule has 0 aliphatic carbocycles. The smallest absolute Gasteiger partial charge is 0.00929 e. The van der Waals surface area contributed by atoms with E-state index in [0.717, 1.165) is 6.42 Å². The molecule has 3 aromatic carbocycles. The van der Waals surface area contributed by atoms with Crippen molar-refractivity contribution in [3.05, 3.63) is 83.4 Å². The number of hydrogen-bond donors (Lipinski definition) is 0. The molecule has 0 heteroatoms. The molecule has 0 saturated heterocycles. The van der Waals surface area contributed by atoms with E-state index in [-0.39, 0.29) is 0 Å². The molecule has 0 aliphatic heterocycles. The van der Waals surface area contributed by atoms with E-state index in [4.69, 9.17) is 0 Å². The Kier molecular flexibility index (Phi) is 3.56. The maximum atomic E-state index is 2.32. The van der Waals surface area contributed by atoms with Crippen molar-refractivity contribution in [2.45, 2.75) is 26.2 Å². The van der Waals surface area contributed by atoms with Gasteiger partial charge in [0.2, 0.25) is 0 Å². The fraction of sp³-hybridized carbons (Fsp3) is 0.200. The predicted molar refractivity (Wildman–Crippen MR) is 87.3 cm³/mol. The fourth-order valence-electron chi connectivity index (χ4n) is 3.08. The molecule has 0 heterocycles. The van der Waals surface area contributed by atoms with E-state index in [1.165, 1.54) is 27.5 Å². The quantitative estimate of drug-likeness (QED) is 0.567. The molecular formula is C20H20. The van der Waals surface area contributed by atoms with E-state index >= 15 is 0 Å². The average Bonchev–Trinajstić information content (AvgIpc) is 2.48. The van der Waals surface area contributed by atoms with Crippen LogP contribution in [0.2, 0.25) is 0 Å². The van der Waals surface area contributed by atoms with Gasteiger partial charge in [0.15, 0.2) is 0 Å². The summed E-state index contributed by atoms with van der Waals surface area (Å²) < 4.78 is 0. The summed E-state index contributed by atoms with van der Waals surface area (Å²) in [6.45, 7) is 4.44. The molecule has 3 rings (SSSR count). The Hall–Kier alpha value is -2.08. The van der Waals surface area contributed by atoms with Gasteiger partial charge in [-0.2, -0.15) is 0 Å². The zero-order valence-electron chi connectivity index (χ0n) is 12.1. The minimum atomic E-state index is 0.473. The van der Waals surface area contributed by atoms with E-state index < -0.39 is 0 Å². The zero-order chi connectivity index (χ0) is 13.9. The molecule has 100 valence electrons. The summed E-state index contributed by atoms with van der Waals surface area (Å²) in [5.74, 6) is 0.473. The highest BCUT2D eigenvalue weighted by Gasteiger charge is 2.14. The van der Waals surface area contributed by atoms with Gasteiger partial charge in [-0.3, -0.25) is 0 Å². The molecule has 0 aromatic heterocycles. The first kappa shape index (κ1) is 12.9. The van der Waals surface area contributed by atoms with Crippen LogP contribution in [-0.2, 0) is 0 Å². The topological polar surface area (TPSA) is 0 Å². The SMILES string of the molecule is CCC(c1cccc(C)c1)c1cccc2ccccc12. The van der Waals surface area contributed by atoms with Crippen LogP contribution in [0.3, 0.4) is 0 Å². The zero-order valence-corrected chi connectivity index (χ0v) is 12.1. The Morgan fingerprint density at radius 2 is 1.60 bits per heavy atom. The van der Waals surface area contributed by atoms with Gasteiger partial charge < -0.3 is 0 Å². The lowest BCUT2D eigenvalue weighted by Gasteiger charge is -2.19. The van der Waals surface area contributed by atoms with E-state index in [0.29, 0.717) is 5.92 Å². The standard InChI is InChI=1S/C20H20/c1-3-18(17-11-6-8-15(2)14-17)20-13-7-10-16-9-4-5-12-19(16)20/h4-14,18H,3H2,1-2H3. The molecule has 0 aliphatic rings. The largest absolute Gasteiger partial charge is 0.0645 e. The van der Waals surface area contributed by atoms with Crippen molar-refractivity contribution < 1.29 is 0 Å². The summed E-state index contributed by atoms with van der Waals surface area (Å²) in [4.78, 5) is 0. The van der Waals surface area contributed by atoms with Crippen LogP contribution in [-0.4, -0.2) is 0 Å². The van der Waals surface area contributed by atoms with E-state index in [1.807, 2.05) is 0 Å². The van der Waals surface area contributed by atoms with Crippen molar-refractivity contribution in [1.29, 1.82) is 0 Å². The number of benzene rings is 3. The molecule has 0 saturated carbocycles. The maximum Gasteiger partial charge on any atom is 0.00929 e. The Morgan fingerprint density at radius 3 is 2.40 bits per heavy atom. The Labute approximate surface area is 121 Å². The van der Waals surface area contributed by atoms with Gasteiger partial charge in [0.1, 0.15) is 0 Å². The summed E-state index contributed by atoms with van der Waals surface area (Å²) in [5, 5.41) is 2.71. The highest BCUT2D eigenvalue weighted by atomic mass is 14.2. The molecular weight excluding hydrogens is 240 g/mol. The fourth-order valence-corrected chi connectivity index (χ4v) is 3.08. The van der Waals surface area contributed by atoms with Crippen molar-refractivity contribution in [1.82, 2.24) is 0 Å². The van der Waals surface area contributed by atoms with E-state index in [1.54, 1.807) is 0 Å². The Bertz CT molecular complexity index is 719. The van der Waals surface area contributed by atoms with Crippen LogP contribution >= 0.6 is 0 Å². The highest BCUT2D eigenvalue weighted by molar-refractivity contribution is 5.86. The van der Waals surface area contributed by atoms with Gasteiger partial charge in [-0.05, 0) is 35.2 Å². The third kappa shape index (κ3) is 2.34. The van der Waals surface area contributed by atoms with Crippen LogP contribution in [0.1, 0.15) is 36.0 Å². The third-order valence-corrected chi connectivity index (χ3v) is 4.05. The molecule has 1 unspecified atom stereocenters. The second-order valence-electron chi connectivity index (χ2n) is 5.44. The summed E-state index contributed by atoms with van der Waals surface area (Å²) in [7, 11) is 0. The van der Waals surface area contributed by atoms with Crippen molar-refractivity contribution in [3.8, 4) is 0 Å². The predicted octanol–water partition coefficient (Wildman–Crippen LogP) is 5.69. The van der Waals surface area contributed by atoms with Crippen LogP contribution < -0.4 is 0 Å². The van der Waals surface area contributed by atoms with Crippen molar-refractivity contribution in [2.24, 2.45) is 0 Å². The number of aryl methyl sites for hydroxylation is 1. The van der Waals surface area contributed by atoms with Gasteiger partial charge in [-0.15, -0.1) is 0 Å². The van der Waals surface area contributed by atoms with Crippen LogP contribution in [0.5, 0.6) is 0 Å². The van der Waals surface area contributed by atoms with Gasteiger partial charge in [0, 0.05) is 5.92 Å². The second-order valence-corrected chi connectivity index (χ2v) is 5.44. The van der Waals surface area contributed by atoms with Gasteiger partial charge in [0.25, 0.3) is 0 Å². The summed E-state index contributed by atoms with van der Waals surface area (Å²) >= 11 is 0. The third-order valence-electron chi connectivity index (χ3n) is 4.05. The Balaban J connectivity index is 2.17. The minimum Gasteiger partial charge on any atom is -0.0645 e. The molecule has 0 spiro atoms. The van der Waals surface area contributed by atoms with Gasteiger partial charge >= 0.3 is 0 Å². The normalized spacial score (nSPS) is 12.5. The monoisotopic (exact) mass is 260 g/mol. The molecule has 0 N–H and O–H groups in total. The molecule has 1 atom stereocenters. The lowest BCUT2D eigenvalue weighted by atomic mass is 9.85. The van der Waals surface area contributed by atoms with Crippen LogP contribution in [0, 0.1) is 6.92 Å². The number of rotatable bonds is 3. The molecule has 3 aromatic rings. The number of hydrogen-bond acceptors (Lipinski definition) is 0. The second kappa shape index (κ2) is 5.50. The van der Waals surface area contributed by atoms with E-state index in [2.05, 4.69) is 80.6 Å². The average molecular weight is 260 g/mol. The first-order valence-corrected chi connectivity index (χ1v) is 7.34. The van der Waals surface area contributed by atoms with Crippen LogP contribution in [0.4, 0.5) is 0 Å². The minimum absolute atomic E-state index is 0.473. The summed E-state index contributed by atoms with van der Waals surface area (Å²) in [6, 6.07) is 24.2. The molecule has 0 fully saturated rings. The summed E-state index contributed by atoms with van der Waals surface area (Å²) in [5.41, 5.74) is 4.20. The van der Waals surface area contributed by atoms with Crippen LogP contribution in [0.25, 0.3) is 10.8 Å².